The molecule has 0 spiro atoms. The molecular weight excluding hydrogens is 383 g/mol. The van der Waals surface area contributed by atoms with E-state index in [0.29, 0.717) is 27.3 Å². The number of rotatable bonds is 5. The molecule has 0 unspecified atom stereocenters. The van der Waals surface area contributed by atoms with Gasteiger partial charge in [-0.25, -0.2) is 0 Å². The van der Waals surface area contributed by atoms with E-state index in [1.807, 2.05) is 54.6 Å². The topological polar surface area (TPSA) is 48.2 Å². The minimum Gasteiger partial charge on any atom is -0.485 e. The Morgan fingerprint density at radius 2 is 1.63 bits per heavy atom. The van der Waals surface area contributed by atoms with Crippen molar-refractivity contribution in [2.75, 3.05) is 0 Å². The van der Waals surface area contributed by atoms with Crippen molar-refractivity contribution in [1.82, 2.24) is 10.1 Å². The van der Waals surface area contributed by atoms with Crippen LogP contribution in [0.3, 0.4) is 0 Å². The molecule has 4 aromatic rings. The molecule has 3 aromatic carbocycles. The maximum Gasteiger partial charge on any atom is 0.259 e. The molecule has 0 aliphatic heterocycles. The van der Waals surface area contributed by atoms with Crippen LogP contribution in [0, 0.1) is 0 Å². The molecule has 0 aliphatic rings. The third-order valence-electron chi connectivity index (χ3n) is 3.96. The quantitative estimate of drug-likeness (QED) is 0.397. The van der Waals surface area contributed by atoms with Gasteiger partial charge in [-0.2, -0.15) is 4.98 Å². The predicted octanol–water partition coefficient (Wildman–Crippen LogP) is 6.29. The second-order valence-electron chi connectivity index (χ2n) is 5.79. The van der Waals surface area contributed by atoms with E-state index >= 15 is 0 Å². The van der Waals surface area contributed by atoms with E-state index in [2.05, 4.69) is 10.1 Å². The average molecular weight is 397 g/mol. The first kappa shape index (κ1) is 17.6. The van der Waals surface area contributed by atoms with Crippen molar-refractivity contribution < 1.29 is 9.26 Å². The van der Waals surface area contributed by atoms with Gasteiger partial charge in [0.15, 0.2) is 6.61 Å². The molecule has 134 valence electrons. The highest BCUT2D eigenvalue weighted by Crippen LogP contribution is 2.31. The van der Waals surface area contributed by atoms with Crippen LogP contribution < -0.4 is 4.74 Å². The molecule has 0 aliphatic carbocycles. The van der Waals surface area contributed by atoms with Crippen LogP contribution in [0.2, 0.25) is 10.0 Å². The van der Waals surface area contributed by atoms with Gasteiger partial charge in [-0.3, -0.25) is 0 Å². The van der Waals surface area contributed by atoms with Gasteiger partial charge in [0.25, 0.3) is 5.89 Å². The van der Waals surface area contributed by atoms with Crippen LogP contribution in [0.25, 0.3) is 22.6 Å². The molecule has 4 rings (SSSR count). The maximum absolute atomic E-state index is 6.19. The van der Waals surface area contributed by atoms with Crippen molar-refractivity contribution in [3.05, 3.63) is 88.7 Å². The van der Waals surface area contributed by atoms with E-state index in [4.69, 9.17) is 32.5 Å². The van der Waals surface area contributed by atoms with Gasteiger partial charge in [-0.15, -0.1) is 0 Å². The second-order valence-corrected chi connectivity index (χ2v) is 6.63. The van der Waals surface area contributed by atoms with Crippen molar-refractivity contribution in [3.8, 4) is 28.3 Å². The predicted molar refractivity (Wildman–Crippen MR) is 106 cm³/mol. The van der Waals surface area contributed by atoms with Crippen LogP contribution in [0.1, 0.15) is 5.82 Å². The standard InChI is InChI=1S/C21H14Cl2N2O2/c22-15-10-11-17(18(23)12-15)21-24-20(25-27-21)13-26-19-9-5-4-8-16(19)14-6-2-1-3-7-14/h1-12H,13H2. The zero-order valence-corrected chi connectivity index (χ0v) is 15.6. The molecule has 4 nitrogen and oxygen atoms in total. The summed E-state index contributed by atoms with van der Waals surface area (Å²) in [5.74, 6) is 1.50. The number of nitrogens with zero attached hydrogens (tertiary/aromatic N) is 2. The number of aromatic nitrogens is 2. The largest absolute Gasteiger partial charge is 0.485 e. The number of halogens is 2. The van der Waals surface area contributed by atoms with E-state index in [1.54, 1.807) is 18.2 Å². The monoisotopic (exact) mass is 396 g/mol. The van der Waals surface area contributed by atoms with E-state index in [9.17, 15) is 0 Å². The Kier molecular flexibility index (Phi) is 5.10. The summed E-state index contributed by atoms with van der Waals surface area (Å²) in [6.07, 6.45) is 0. The highest BCUT2D eigenvalue weighted by molar-refractivity contribution is 6.36. The lowest BCUT2D eigenvalue weighted by atomic mass is 10.1. The molecule has 0 saturated heterocycles. The van der Waals surface area contributed by atoms with Crippen molar-refractivity contribution in [2.45, 2.75) is 6.61 Å². The molecule has 27 heavy (non-hydrogen) atoms. The Bertz CT molecular complexity index is 1060. The Morgan fingerprint density at radius 3 is 2.44 bits per heavy atom. The third-order valence-corrected chi connectivity index (χ3v) is 4.51. The van der Waals surface area contributed by atoms with Crippen molar-refractivity contribution in [2.24, 2.45) is 0 Å². The molecule has 0 amide bonds. The number of hydrogen-bond donors (Lipinski definition) is 0. The molecule has 0 N–H and O–H groups in total. The first-order valence-corrected chi connectivity index (χ1v) is 9.01. The highest BCUT2D eigenvalue weighted by atomic mass is 35.5. The first-order chi connectivity index (χ1) is 13.2. The summed E-state index contributed by atoms with van der Waals surface area (Å²) in [6.45, 7) is 0.179. The van der Waals surface area contributed by atoms with E-state index in [-0.39, 0.29) is 6.61 Å². The number of para-hydroxylation sites is 1. The second kappa shape index (κ2) is 7.82. The Labute approximate surface area is 166 Å². The van der Waals surface area contributed by atoms with E-state index in [1.165, 1.54) is 0 Å². The lowest BCUT2D eigenvalue weighted by Gasteiger charge is -2.10. The van der Waals surface area contributed by atoms with Gasteiger partial charge in [-0.1, -0.05) is 76.9 Å². The molecule has 0 bridgehead atoms. The molecule has 1 aromatic heterocycles. The number of hydrogen-bond acceptors (Lipinski definition) is 4. The van der Waals surface area contributed by atoms with Gasteiger partial charge in [0.1, 0.15) is 5.75 Å². The van der Waals surface area contributed by atoms with Crippen LogP contribution in [0.4, 0.5) is 0 Å². The van der Waals surface area contributed by atoms with Gasteiger partial charge >= 0.3 is 0 Å². The van der Waals surface area contributed by atoms with Crippen LogP contribution in [-0.2, 0) is 6.61 Å². The zero-order chi connectivity index (χ0) is 18.6. The SMILES string of the molecule is Clc1ccc(-c2nc(COc3ccccc3-c3ccccc3)no2)c(Cl)c1. The molecular formula is C21H14Cl2N2O2. The molecule has 0 radical (unpaired) electrons. The molecule has 1 heterocycles. The minimum atomic E-state index is 0.179. The lowest BCUT2D eigenvalue weighted by Crippen LogP contribution is -1.99. The number of benzene rings is 3. The van der Waals surface area contributed by atoms with Crippen LogP contribution in [-0.4, -0.2) is 10.1 Å². The molecule has 0 saturated carbocycles. The summed E-state index contributed by atoms with van der Waals surface area (Å²) in [5, 5.41) is 4.97. The van der Waals surface area contributed by atoms with E-state index < -0.39 is 0 Å². The summed E-state index contributed by atoms with van der Waals surface area (Å²) < 4.78 is 11.2. The zero-order valence-electron chi connectivity index (χ0n) is 14.1. The van der Waals surface area contributed by atoms with Crippen molar-refractivity contribution in [3.63, 3.8) is 0 Å². The summed E-state index contributed by atoms with van der Waals surface area (Å²) in [6, 6.07) is 23.0. The Balaban J connectivity index is 1.53. The smallest absolute Gasteiger partial charge is 0.259 e. The minimum absolute atomic E-state index is 0.179. The summed E-state index contributed by atoms with van der Waals surface area (Å²) in [7, 11) is 0. The molecule has 6 heteroatoms. The van der Waals surface area contributed by atoms with Gasteiger partial charge in [-0.05, 0) is 29.8 Å². The first-order valence-electron chi connectivity index (χ1n) is 8.26. The van der Waals surface area contributed by atoms with Gasteiger partial charge < -0.3 is 9.26 Å². The van der Waals surface area contributed by atoms with E-state index in [0.717, 1.165) is 16.9 Å². The van der Waals surface area contributed by atoms with Crippen LogP contribution >= 0.6 is 23.2 Å². The Morgan fingerprint density at radius 1 is 0.852 bits per heavy atom. The van der Waals surface area contributed by atoms with Gasteiger partial charge in [0, 0.05) is 10.6 Å². The summed E-state index contributed by atoms with van der Waals surface area (Å²) in [5.41, 5.74) is 2.71. The summed E-state index contributed by atoms with van der Waals surface area (Å²) in [4.78, 5) is 4.36. The fourth-order valence-electron chi connectivity index (χ4n) is 2.68. The summed E-state index contributed by atoms with van der Waals surface area (Å²) >= 11 is 12.1. The fraction of sp³-hybridized carbons (Fsp3) is 0.0476. The highest BCUT2D eigenvalue weighted by Gasteiger charge is 2.14. The lowest BCUT2D eigenvalue weighted by molar-refractivity contribution is 0.288. The normalized spacial score (nSPS) is 10.7. The fourth-order valence-corrected chi connectivity index (χ4v) is 3.17. The van der Waals surface area contributed by atoms with Crippen LogP contribution in [0.15, 0.2) is 77.3 Å². The third kappa shape index (κ3) is 3.97. The Hall–Kier alpha value is -2.82. The molecule has 0 fully saturated rings. The van der Waals surface area contributed by atoms with Crippen molar-refractivity contribution >= 4 is 23.2 Å². The van der Waals surface area contributed by atoms with Crippen molar-refractivity contribution in [1.29, 1.82) is 0 Å². The maximum atomic E-state index is 6.19. The van der Waals surface area contributed by atoms with Crippen LogP contribution in [0.5, 0.6) is 5.75 Å². The number of ether oxygens (including phenoxy) is 1. The van der Waals surface area contributed by atoms with Gasteiger partial charge in [0.2, 0.25) is 5.82 Å². The molecule has 0 atom stereocenters. The van der Waals surface area contributed by atoms with Gasteiger partial charge in [0.05, 0.1) is 10.6 Å². The average Bonchev–Trinajstić information content (AvgIpc) is 3.16.